The van der Waals surface area contributed by atoms with E-state index in [1.54, 1.807) is 19.5 Å². The van der Waals surface area contributed by atoms with E-state index in [0.717, 1.165) is 17.1 Å². The minimum atomic E-state index is 0.761. The average Bonchev–Trinajstić information content (AvgIpc) is 2.37. The van der Waals surface area contributed by atoms with Crippen molar-refractivity contribution in [3.8, 4) is 5.75 Å². The van der Waals surface area contributed by atoms with Gasteiger partial charge in [0, 0.05) is 6.20 Å². The fourth-order valence-electron chi connectivity index (χ4n) is 1.50. The van der Waals surface area contributed by atoms with E-state index in [9.17, 15) is 0 Å². The zero-order valence-electron chi connectivity index (χ0n) is 9.92. The standard InChI is InChI=1S/C14H14N2O/c1-11-7-8-15-12(9-11)10-16-13-5-3-4-6-14(13)17-2/h3-10H,1-2H3/b16-10-. The molecule has 86 valence electrons. The number of pyridine rings is 1. The van der Waals surface area contributed by atoms with Gasteiger partial charge in [-0.25, -0.2) is 0 Å². The van der Waals surface area contributed by atoms with Crippen molar-refractivity contribution in [2.24, 2.45) is 4.99 Å². The highest BCUT2D eigenvalue weighted by Gasteiger charge is 1.98. The maximum atomic E-state index is 5.22. The lowest BCUT2D eigenvalue weighted by Crippen LogP contribution is -1.88. The number of nitrogens with zero attached hydrogens (tertiary/aromatic N) is 2. The van der Waals surface area contributed by atoms with Crippen LogP contribution in [-0.4, -0.2) is 18.3 Å². The minimum absolute atomic E-state index is 0.761. The van der Waals surface area contributed by atoms with Crippen molar-refractivity contribution in [2.75, 3.05) is 7.11 Å². The molecule has 0 N–H and O–H groups in total. The summed E-state index contributed by atoms with van der Waals surface area (Å²) in [6.07, 6.45) is 3.52. The van der Waals surface area contributed by atoms with Crippen molar-refractivity contribution in [1.82, 2.24) is 4.98 Å². The summed E-state index contributed by atoms with van der Waals surface area (Å²) in [6.45, 7) is 2.03. The van der Waals surface area contributed by atoms with Crippen molar-refractivity contribution >= 4 is 11.9 Å². The molecule has 0 saturated heterocycles. The Kier molecular flexibility index (Phi) is 3.50. The molecule has 0 amide bonds. The van der Waals surface area contributed by atoms with Crippen LogP contribution in [0.1, 0.15) is 11.3 Å². The van der Waals surface area contributed by atoms with Crippen molar-refractivity contribution in [1.29, 1.82) is 0 Å². The molecule has 0 radical (unpaired) electrons. The van der Waals surface area contributed by atoms with Gasteiger partial charge in [0.2, 0.25) is 0 Å². The van der Waals surface area contributed by atoms with Crippen LogP contribution in [0, 0.1) is 6.92 Å². The van der Waals surface area contributed by atoms with Gasteiger partial charge in [-0.2, -0.15) is 0 Å². The molecule has 17 heavy (non-hydrogen) atoms. The third-order valence-electron chi connectivity index (χ3n) is 2.36. The van der Waals surface area contributed by atoms with E-state index in [1.807, 2.05) is 43.3 Å². The van der Waals surface area contributed by atoms with Crippen LogP contribution in [0.3, 0.4) is 0 Å². The summed E-state index contributed by atoms with van der Waals surface area (Å²) in [4.78, 5) is 8.60. The first-order chi connectivity index (χ1) is 8.29. The highest BCUT2D eigenvalue weighted by Crippen LogP contribution is 2.25. The van der Waals surface area contributed by atoms with Gasteiger partial charge >= 0.3 is 0 Å². The fraction of sp³-hybridized carbons (Fsp3) is 0.143. The van der Waals surface area contributed by atoms with Crippen LogP contribution < -0.4 is 4.74 Å². The molecule has 0 bridgehead atoms. The molecular weight excluding hydrogens is 212 g/mol. The molecule has 2 rings (SSSR count). The summed E-state index contributed by atoms with van der Waals surface area (Å²) in [6, 6.07) is 11.6. The van der Waals surface area contributed by atoms with E-state index >= 15 is 0 Å². The highest BCUT2D eigenvalue weighted by atomic mass is 16.5. The molecule has 1 aromatic carbocycles. The number of benzene rings is 1. The zero-order chi connectivity index (χ0) is 12.1. The molecule has 1 aromatic heterocycles. The molecule has 2 aromatic rings. The Balaban J connectivity index is 2.26. The first-order valence-corrected chi connectivity index (χ1v) is 5.39. The first kappa shape index (κ1) is 11.3. The molecule has 0 unspecified atom stereocenters. The molecule has 3 nitrogen and oxygen atoms in total. The van der Waals surface area contributed by atoms with Gasteiger partial charge in [0.25, 0.3) is 0 Å². The lowest BCUT2D eigenvalue weighted by atomic mass is 10.2. The average molecular weight is 226 g/mol. The molecular formula is C14H14N2O. The number of methoxy groups -OCH3 is 1. The van der Waals surface area contributed by atoms with E-state index in [2.05, 4.69) is 9.98 Å². The van der Waals surface area contributed by atoms with E-state index in [4.69, 9.17) is 4.74 Å². The fourth-order valence-corrected chi connectivity index (χ4v) is 1.50. The molecule has 0 aliphatic heterocycles. The highest BCUT2D eigenvalue weighted by molar-refractivity contribution is 5.80. The first-order valence-electron chi connectivity index (χ1n) is 5.39. The predicted octanol–water partition coefficient (Wildman–Crippen LogP) is 3.15. The monoisotopic (exact) mass is 226 g/mol. The van der Waals surface area contributed by atoms with Crippen LogP contribution in [0.2, 0.25) is 0 Å². The van der Waals surface area contributed by atoms with E-state index < -0.39 is 0 Å². The Bertz CT molecular complexity index is 535. The summed E-state index contributed by atoms with van der Waals surface area (Å²) in [5.41, 5.74) is 2.82. The minimum Gasteiger partial charge on any atom is -0.494 e. The Labute approximate surface area is 101 Å². The number of aromatic nitrogens is 1. The topological polar surface area (TPSA) is 34.5 Å². The Morgan fingerprint density at radius 3 is 2.82 bits per heavy atom. The van der Waals surface area contributed by atoms with Crippen molar-refractivity contribution in [2.45, 2.75) is 6.92 Å². The smallest absolute Gasteiger partial charge is 0.144 e. The molecule has 0 aliphatic carbocycles. The summed E-state index contributed by atoms with van der Waals surface area (Å²) >= 11 is 0. The Morgan fingerprint density at radius 1 is 1.24 bits per heavy atom. The van der Waals surface area contributed by atoms with Gasteiger partial charge in [-0.15, -0.1) is 0 Å². The number of para-hydroxylation sites is 2. The SMILES string of the molecule is COc1ccccc1/N=C\c1cc(C)ccn1. The maximum absolute atomic E-state index is 5.22. The summed E-state index contributed by atoms with van der Waals surface area (Å²) in [5, 5.41) is 0. The third-order valence-corrected chi connectivity index (χ3v) is 2.36. The van der Waals surface area contributed by atoms with Gasteiger partial charge in [-0.05, 0) is 36.8 Å². The van der Waals surface area contributed by atoms with Crippen molar-refractivity contribution < 1.29 is 4.74 Å². The van der Waals surface area contributed by atoms with Crippen molar-refractivity contribution in [3.05, 3.63) is 53.9 Å². The van der Waals surface area contributed by atoms with E-state index in [-0.39, 0.29) is 0 Å². The number of aliphatic imine (C=N–C) groups is 1. The molecule has 1 heterocycles. The van der Waals surface area contributed by atoms with Crippen LogP contribution in [0.25, 0.3) is 0 Å². The van der Waals surface area contributed by atoms with Crippen LogP contribution >= 0.6 is 0 Å². The lowest BCUT2D eigenvalue weighted by Gasteiger charge is -2.02. The molecule has 0 fully saturated rings. The van der Waals surface area contributed by atoms with Gasteiger partial charge in [-0.3, -0.25) is 9.98 Å². The molecule has 0 aliphatic rings. The number of hydrogen-bond acceptors (Lipinski definition) is 3. The van der Waals surface area contributed by atoms with E-state index in [1.165, 1.54) is 5.56 Å². The molecule has 0 atom stereocenters. The van der Waals surface area contributed by atoms with Gasteiger partial charge in [0.05, 0.1) is 19.0 Å². The lowest BCUT2D eigenvalue weighted by molar-refractivity contribution is 0.416. The molecule has 3 heteroatoms. The molecule has 0 spiro atoms. The number of aryl methyl sites for hydroxylation is 1. The summed E-state index contributed by atoms with van der Waals surface area (Å²) in [5.74, 6) is 0.761. The quantitative estimate of drug-likeness (QED) is 0.753. The second-order valence-electron chi connectivity index (χ2n) is 3.69. The van der Waals surface area contributed by atoms with Gasteiger partial charge < -0.3 is 4.74 Å². The van der Waals surface area contributed by atoms with Gasteiger partial charge in [-0.1, -0.05) is 12.1 Å². The van der Waals surface area contributed by atoms with E-state index in [0.29, 0.717) is 0 Å². The summed E-state index contributed by atoms with van der Waals surface area (Å²) < 4.78 is 5.22. The number of hydrogen-bond donors (Lipinski definition) is 0. The second-order valence-corrected chi connectivity index (χ2v) is 3.69. The number of rotatable bonds is 3. The zero-order valence-corrected chi connectivity index (χ0v) is 9.92. The Hall–Kier alpha value is -2.16. The Morgan fingerprint density at radius 2 is 2.06 bits per heavy atom. The van der Waals surface area contributed by atoms with Gasteiger partial charge in [0.1, 0.15) is 11.4 Å². The maximum Gasteiger partial charge on any atom is 0.144 e. The number of ether oxygens (including phenoxy) is 1. The largest absolute Gasteiger partial charge is 0.494 e. The second kappa shape index (κ2) is 5.25. The third kappa shape index (κ3) is 2.91. The summed E-state index contributed by atoms with van der Waals surface area (Å²) in [7, 11) is 1.64. The predicted molar refractivity (Wildman–Crippen MR) is 69.2 cm³/mol. The van der Waals surface area contributed by atoms with Crippen LogP contribution in [0.15, 0.2) is 47.6 Å². The van der Waals surface area contributed by atoms with Crippen LogP contribution in [0.5, 0.6) is 5.75 Å². The van der Waals surface area contributed by atoms with Gasteiger partial charge in [0.15, 0.2) is 0 Å². The van der Waals surface area contributed by atoms with Crippen molar-refractivity contribution in [3.63, 3.8) is 0 Å². The molecule has 0 saturated carbocycles. The normalized spacial score (nSPS) is 10.7. The van der Waals surface area contributed by atoms with Crippen LogP contribution in [0.4, 0.5) is 5.69 Å². The van der Waals surface area contributed by atoms with Crippen LogP contribution in [-0.2, 0) is 0 Å².